The summed E-state index contributed by atoms with van der Waals surface area (Å²) in [5, 5.41) is 2.90. The molecule has 1 aromatic heterocycles. The van der Waals surface area contributed by atoms with E-state index in [1.54, 1.807) is 12.0 Å². The average Bonchev–Trinajstić information content (AvgIpc) is 3.19. The van der Waals surface area contributed by atoms with Crippen molar-refractivity contribution in [3.05, 3.63) is 53.9 Å². The molecule has 0 saturated heterocycles. The lowest BCUT2D eigenvalue weighted by Crippen LogP contribution is -2.52. The van der Waals surface area contributed by atoms with Gasteiger partial charge in [0.05, 0.1) is 7.11 Å². The van der Waals surface area contributed by atoms with Crippen molar-refractivity contribution in [2.75, 3.05) is 20.2 Å². The molecule has 0 saturated carbocycles. The Kier molecular flexibility index (Phi) is 6.70. The number of methoxy groups -OCH3 is 1. The highest BCUT2D eigenvalue weighted by molar-refractivity contribution is 5.85. The van der Waals surface area contributed by atoms with Crippen molar-refractivity contribution < 1.29 is 14.3 Å². The van der Waals surface area contributed by atoms with Crippen LogP contribution in [0.5, 0.6) is 5.75 Å². The van der Waals surface area contributed by atoms with Gasteiger partial charge in [0.2, 0.25) is 5.91 Å². The Labute approximate surface area is 178 Å². The number of fused-ring (bicyclic) bond motifs is 1. The maximum absolute atomic E-state index is 13.5. The first-order chi connectivity index (χ1) is 14.3. The molecule has 7 nitrogen and oxygen atoms in total. The second kappa shape index (κ2) is 9.24. The van der Waals surface area contributed by atoms with Crippen LogP contribution in [-0.4, -0.2) is 58.6 Å². The number of hydrogen-bond acceptors (Lipinski definition) is 3. The number of nitrogens with zero attached hydrogens (tertiary/aromatic N) is 3. The number of carbonyl (C=O) groups excluding carboxylic acids is 2. The van der Waals surface area contributed by atoms with E-state index in [1.807, 2.05) is 75.2 Å². The molecular formula is C23H32N4O3. The summed E-state index contributed by atoms with van der Waals surface area (Å²) in [6.07, 6.45) is 2.04. The van der Waals surface area contributed by atoms with E-state index in [9.17, 15) is 9.59 Å². The van der Waals surface area contributed by atoms with Gasteiger partial charge in [-0.3, -0.25) is 4.79 Å². The third-order valence-electron chi connectivity index (χ3n) is 5.39. The summed E-state index contributed by atoms with van der Waals surface area (Å²) < 4.78 is 7.77. The van der Waals surface area contributed by atoms with E-state index >= 15 is 0 Å². The van der Waals surface area contributed by atoms with Gasteiger partial charge in [-0.15, -0.1) is 0 Å². The van der Waals surface area contributed by atoms with Crippen LogP contribution in [0.1, 0.15) is 45.0 Å². The molecule has 0 spiro atoms. The third kappa shape index (κ3) is 4.45. The van der Waals surface area contributed by atoms with Gasteiger partial charge in [0.15, 0.2) is 0 Å². The van der Waals surface area contributed by atoms with Crippen LogP contribution in [0.2, 0.25) is 0 Å². The molecule has 1 aliphatic heterocycles. The lowest BCUT2D eigenvalue weighted by atomic mass is 9.98. The van der Waals surface area contributed by atoms with Gasteiger partial charge in [0, 0.05) is 42.6 Å². The number of carbonyl (C=O) groups is 2. The van der Waals surface area contributed by atoms with Crippen molar-refractivity contribution in [1.82, 2.24) is 19.7 Å². The minimum Gasteiger partial charge on any atom is -0.496 e. The summed E-state index contributed by atoms with van der Waals surface area (Å²) >= 11 is 0. The van der Waals surface area contributed by atoms with Gasteiger partial charge in [-0.1, -0.05) is 18.2 Å². The predicted molar refractivity (Wildman–Crippen MR) is 116 cm³/mol. The number of urea groups is 1. The lowest BCUT2D eigenvalue weighted by Gasteiger charge is -2.39. The molecule has 1 atom stereocenters. The van der Waals surface area contributed by atoms with Gasteiger partial charge in [0.1, 0.15) is 18.3 Å². The summed E-state index contributed by atoms with van der Waals surface area (Å²) in [6.45, 7) is 8.99. The van der Waals surface area contributed by atoms with E-state index in [2.05, 4.69) is 9.88 Å². The second-order valence-corrected chi connectivity index (χ2v) is 8.18. The molecular weight excluding hydrogens is 380 g/mol. The summed E-state index contributed by atoms with van der Waals surface area (Å²) in [7, 11) is 1.64. The van der Waals surface area contributed by atoms with Crippen LogP contribution in [0.25, 0.3) is 0 Å². The Morgan fingerprint density at radius 1 is 1.13 bits per heavy atom. The zero-order valence-corrected chi connectivity index (χ0v) is 18.5. The first kappa shape index (κ1) is 21.7. The number of nitrogens with one attached hydrogen (secondary N) is 1. The van der Waals surface area contributed by atoms with E-state index in [0.717, 1.165) is 23.6 Å². The average molecular weight is 413 g/mol. The second-order valence-electron chi connectivity index (χ2n) is 8.18. The maximum atomic E-state index is 13.5. The largest absolute Gasteiger partial charge is 0.496 e. The quantitative estimate of drug-likeness (QED) is 0.792. The van der Waals surface area contributed by atoms with E-state index < -0.39 is 0 Å². The monoisotopic (exact) mass is 412 g/mol. The van der Waals surface area contributed by atoms with Gasteiger partial charge >= 0.3 is 6.03 Å². The summed E-state index contributed by atoms with van der Waals surface area (Å²) in [5.41, 5.74) is 1.98. The number of benzene rings is 1. The first-order valence-corrected chi connectivity index (χ1v) is 10.5. The molecule has 1 aliphatic rings. The molecule has 162 valence electrons. The number of hydrogen-bond donors (Lipinski definition) is 1. The van der Waals surface area contributed by atoms with Crippen LogP contribution in [0, 0.1) is 0 Å². The fourth-order valence-corrected chi connectivity index (χ4v) is 3.93. The summed E-state index contributed by atoms with van der Waals surface area (Å²) in [6, 6.07) is 11.3. The third-order valence-corrected chi connectivity index (χ3v) is 5.39. The fraction of sp³-hybridized carbons (Fsp3) is 0.478. The van der Waals surface area contributed by atoms with E-state index in [-0.39, 0.29) is 36.6 Å². The number of para-hydroxylation sites is 1. The molecule has 0 bridgehead atoms. The van der Waals surface area contributed by atoms with Crippen molar-refractivity contribution in [2.24, 2.45) is 0 Å². The molecule has 3 amide bonds. The van der Waals surface area contributed by atoms with Crippen LogP contribution in [0.3, 0.4) is 0 Å². The van der Waals surface area contributed by atoms with Crippen LogP contribution >= 0.6 is 0 Å². The Hall–Kier alpha value is -2.96. The maximum Gasteiger partial charge on any atom is 0.318 e. The number of ether oxygens (including phenoxy) is 1. The molecule has 0 radical (unpaired) electrons. The van der Waals surface area contributed by atoms with E-state index in [4.69, 9.17) is 4.74 Å². The minimum atomic E-state index is -0.264. The molecule has 2 heterocycles. The summed E-state index contributed by atoms with van der Waals surface area (Å²) in [5.74, 6) is 0.666. The Balaban J connectivity index is 1.92. The molecule has 7 heteroatoms. The van der Waals surface area contributed by atoms with Crippen molar-refractivity contribution in [2.45, 2.75) is 52.4 Å². The number of aromatic nitrogens is 1. The summed E-state index contributed by atoms with van der Waals surface area (Å²) in [4.78, 5) is 29.6. The van der Waals surface area contributed by atoms with Gasteiger partial charge in [-0.05, 0) is 45.9 Å². The number of amides is 3. The predicted octanol–water partition coefficient (Wildman–Crippen LogP) is 3.26. The standard InChI is InChI=1S/C23H32N4O3/c1-16(2)24-23(29)27(17(3)4)15-21(28)26-14-13-25-12-8-10-19(25)22(26)18-9-6-7-11-20(18)30-5/h6-12,16-17,22H,13-15H2,1-5H3,(H,24,29). The molecule has 1 aromatic carbocycles. The van der Waals surface area contributed by atoms with E-state index in [0.29, 0.717) is 6.54 Å². The van der Waals surface area contributed by atoms with Crippen molar-refractivity contribution in [1.29, 1.82) is 0 Å². The molecule has 3 rings (SSSR count). The van der Waals surface area contributed by atoms with Gasteiger partial charge in [-0.2, -0.15) is 0 Å². The van der Waals surface area contributed by atoms with Crippen LogP contribution in [0.15, 0.2) is 42.6 Å². The smallest absolute Gasteiger partial charge is 0.318 e. The first-order valence-electron chi connectivity index (χ1n) is 10.5. The fourth-order valence-electron chi connectivity index (χ4n) is 3.93. The lowest BCUT2D eigenvalue weighted by molar-refractivity contribution is -0.134. The van der Waals surface area contributed by atoms with Crippen LogP contribution in [-0.2, 0) is 11.3 Å². The highest BCUT2D eigenvalue weighted by Gasteiger charge is 2.35. The zero-order valence-electron chi connectivity index (χ0n) is 18.5. The van der Waals surface area contributed by atoms with Crippen molar-refractivity contribution in [3.63, 3.8) is 0 Å². The minimum absolute atomic E-state index is 0.00782. The van der Waals surface area contributed by atoms with Gasteiger partial charge in [0.25, 0.3) is 0 Å². The normalized spacial score (nSPS) is 15.8. The Morgan fingerprint density at radius 2 is 1.87 bits per heavy atom. The Bertz CT molecular complexity index is 890. The molecule has 30 heavy (non-hydrogen) atoms. The number of rotatable bonds is 6. The molecule has 2 aromatic rings. The zero-order chi connectivity index (χ0) is 21.8. The molecule has 1 unspecified atom stereocenters. The van der Waals surface area contributed by atoms with Gasteiger partial charge < -0.3 is 24.4 Å². The van der Waals surface area contributed by atoms with Crippen LogP contribution < -0.4 is 10.1 Å². The SMILES string of the molecule is COc1ccccc1C1c2cccn2CCN1C(=O)CN(C(=O)NC(C)C)C(C)C. The molecule has 1 N–H and O–H groups in total. The van der Waals surface area contributed by atoms with Crippen LogP contribution in [0.4, 0.5) is 4.79 Å². The van der Waals surface area contributed by atoms with Gasteiger partial charge in [-0.25, -0.2) is 4.79 Å². The Morgan fingerprint density at radius 3 is 2.53 bits per heavy atom. The highest BCUT2D eigenvalue weighted by Crippen LogP contribution is 2.37. The topological polar surface area (TPSA) is 66.8 Å². The van der Waals surface area contributed by atoms with E-state index in [1.165, 1.54) is 0 Å². The van der Waals surface area contributed by atoms with Crippen molar-refractivity contribution in [3.8, 4) is 5.75 Å². The van der Waals surface area contributed by atoms with Crippen molar-refractivity contribution >= 4 is 11.9 Å². The highest BCUT2D eigenvalue weighted by atomic mass is 16.5. The molecule has 0 fully saturated rings. The molecule has 0 aliphatic carbocycles.